The van der Waals surface area contributed by atoms with Crippen LogP contribution in [0.3, 0.4) is 0 Å². The Kier molecular flexibility index (Phi) is 5.36. The molecule has 3 heteroatoms. The van der Waals surface area contributed by atoms with Crippen molar-refractivity contribution in [1.82, 2.24) is 14.9 Å². The summed E-state index contributed by atoms with van der Waals surface area (Å²) in [6.45, 7) is 9.47. The third-order valence-electron chi connectivity index (χ3n) is 3.46. The fourth-order valence-electron chi connectivity index (χ4n) is 2.34. The molecular weight excluding hydrogens is 246 g/mol. The number of nitrogens with zero attached hydrogens (tertiary/aromatic N) is 2. The van der Waals surface area contributed by atoms with E-state index < -0.39 is 0 Å². The lowest BCUT2D eigenvalue weighted by molar-refractivity contribution is 0.531. The van der Waals surface area contributed by atoms with Crippen molar-refractivity contribution in [3.05, 3.63) is 53.6 Å². The molecule has 0 saturated heterocycles. The van der Waals surface area contributed by atoms with Crippen molar-refractivity contribution >= 4 is 0 Å². The summed E-state index contributed by atoms with van der Waals surface area (Å²) in [6, 6.07) is 10.6. The fraction of sp³-hybridized carbons (Fsp3) is 0.471. The van der Waals surface area contributed by atoms with Crippen LogP contribution >= 0.6 is 0 Å². The van der Waals surface area contributed by atoms with E-state index >= 15 is 0 Å². The van der Waals surface area contributed by atoms with Gasteiger partial charge in [-0.2, -0.15) is 0 Å². The highest BCUT2D eigenvalue weighted by atomic mass is 15.1. The minimum atomic E-state index is 0.678. The van der Waals surface area contributed by atoms with Crippen molar-refractivity contribution in [2.75, 3.05) is 6.54 Å². The van der Waals surface area contributed by atoms with Gasteiger partial charge in [-0.05, 0) is 31.4 Å². The van der Waals surface area contributed by atoms with Gasteiger partial charge in [-0.1, -0.05) is 44.2 Å². The molecule has 20 heavy (non-hydrogen) atoms. The van der Waals surface area contributed by atoms with Crippen molar-refractivity contribution in [2.45, 2.75) is 40.3 Å². The molecule has 0 aliphatic carbocycles. The second kappa shape index (κ2) is 7.25. The molecule has 0 aliphatic heterocycles. The molecule has 0 spiro atoms. The Morgan fingerprint density at radius 1 is 1.20 bits per heavy atom. The average Bonchev–Trinajstić information content (AvgIpc) is 2.78. The Labute approximate surface area is 122 Å². The van der Waals surface area contributed by atoms with Crippen LogP contribution in [0.15, 0.2) is 36.5 Å². The Morgan fingerprint density at radius 3 is 2.65 bits per heavy atom. The lowest BCUT2D eigenvalue weighted by Gasteiger charge is -2.12. The topological polar surface area (TPSA) is 29.9 Å². The zero-order chi connectivity index (χ0) is 14.4. The minimum Gasteiger partial charge on any atom is -0.331 e. The summed E-state index contributed by atoms with van der Waals surface area (Å²) in [7, 11) is 0. The van der Waals surface area contributed by atoms with Gasteiger partial charge in [0.05, 0.1) is 5.69 Å². The van der Waals surface area contributed by atoms with Crippen LogP contribution in [-0.4, -0.2) is 16.1 Å². The Morgan fingerprint density at radius 2 is 1.95 bits per heavy atom. The largest absolute Gasteiger partial charge is 0.331 e. The quantitative estimate of drug-likeness (QED) is 0.838. The van der Waals surface area contributed by atoms with Crippen molar-refractivity contribution < 1.29 is 0 Å². The third-order valence-corrected chi connectivity index (χ3v) is 3.46. The van der Waals surface area contributed by atoms with Crippen molar-refractivity contribution in [3.63, 3.8) is 0 Å². The van der Waals surface area contributed by atoms with Gasteiger partial charge in [0.25, 0.3) is 0 Å². The first-order chi connectivity index (χ1) is 9.66. The highest BCUT2D eigenvalue weighted by molar-refractivity contribution is 5.15. The van der Waals surface area contributed by atoms with E-state index in [1.807, 2.05) is 6.20 Å². The van der Waals surface area contributed by atoms with Gasteiger partial charge in [-0.25, -0.2) is 4.98 Å². The Hall–Kier alpha value is -1.61. The number of hydrogen-bond acceptors (Lipinski definition) is 2. The van der Waals surface area contributed by atoms with Crippen molar-refractivity contribution in [3.8, 4) is 0 Å². The second-order valence-electron chi connectivity index (χ2n) is 5.71. The first-order valence-corrected chi connectivity index (χ1v) is 7.42. The van der Waals surface area contributed by atoms with Gasteiger partial charge < -0.3 is 9.88 Å². The van der Waals surface area contributed by atoms with E-state index in [0.29, 0.717) is 5.92 Å². The average molecular weight is 271 g/mol. The summed E-state index contributed by atoms with van der Waals surface area (Å²) in [6.07, 6.45) is 3.04. The highest BCUT2D eigenvalue weighted by Gasteiger charge is 2.06. The number of hydrogen-bond donors (Lipinski definition) is 1. The van der Waals surface area contributed by atoms with Gasteiger partial charge in [0.1, 0.15) is 5.82 Å². The van der Waals surface area contributed by atoms with Gasteiger partial charge >= 0.3 is 0 Å². The van der Waals surface area contributed by atoms with E-state index in [0.717, 1.165) is 31.9 Å². The Balaban J connectivity index is 1.95. The zero-order valence-electron chi connectivity index (χ0n) is 12.8. The van der Waals surface area contributed by atoms with Crippen LogP contribution in [0, 0.1) is 12.8 Å². The number of imidazole rings is 1. The molecule has 0 saturated carbocycles. The monoisotopic (exact) mass is 271 g/mol. The molecule has 2 aromatic rings. The number of rotatable bonds is 7. The zero-order valence-corrected chi connectivity index (χ0v) is 12.8. The van der Waals surface area contributed by atoms with Crippen LogP contribution < -0.4 is 5.32 Å². The highest BCUT2D eigenvalue weighted by Crippen LogP contribution is 2.08. The van der Waals surface area contributed by atoms with Crippen LogP contribution in [0.4, 0.5) is 0 Å². The molecule has 0 aliphatic rings. The van der Waals surface area contributed by atoms with Crippen molar-refractivity contribution in [2.24, 2.45) is 5.92 Å². The standard InChI is InChI=1S/C17H25N3/c1-14(2)11-18-12-17-13-19-15(3)20(17)10-9-16-7-5-4-6-8-16/h4-8,13-14,18H,9-12H2,1-3H3. The van der Waals surface area contributed by atoms with Crippen LogP contribution in [0.1, 0.15) is 30.9 Å². The molecule has 0 atom stereocenters. The van der Waals surface area contributed by atoms with Gasteiger partial charge in [0.15, 0.2) is 0 Å². The molecule has 3 nitrogen and oxygen atoms in total. The van der Waals surface area contributed by atoms with E-state index in [4.69, 9.17) is 0 Å². The lowest BCUT2D eigenvalue weighted by atomic mass is 10.1. The normalized spacial score (nSPS) is 11.2. The maximum absolute atomic E-state index is 4.45. The van der Waals surface area contributed by atoms with E-state index in [1.165, 1.54) is 11.3 Å². The van der Waals surface area contributed by atoms with Gasteiger partial charge in [-0.3, -0.25) is 0 Å². The summed E-state index contributed by atoms with van der Waals surface area (Å²) in [5, 5.41) is 3.49. The van der Waals surface area contributed by atoms with Gasteiger partial charge in [0, 0.05) is 19.3 Å². The van der Waals surface area contributed by atoms with Crippen LogP contribution in [0.5, 0.6) is 0 Å². The molecule has 0 unspecified atom stereocenters. The summed E-state index contributed by atoms with van der Waals surface area (Å²) >= 11 is 0. The number of benzene rings is 1. The van der Waals surface area contributed by atoms with Crippen LogP contribution in [0.25, 0.3) is 0 Å². The smallest absolute Gasteiger partial charge is 0.105 e. The lowest BCUT2D eigenvalue weighted by Crippen LogP contribution is -2.21. The number of aromatic nitrogens is 2. The third kappa shape index (κ3) is 4.20. The van der Waals surface area contributed by atoms with Crippen LogP contribution in [-0.2, 0) is 19.5 Å². The Bertz CT molecular complexity index is 514. The molecular formula is C17H25N3. The van der Waals surface area contributed by atoms with E-state index in [-0.39, 0.29) is 0 Å². The number of nitrogens with one attached hydrogen (secondary N) is 1. The van der Waals surface area contributed by atoms with E-state index in [9.17, 15) is 0 Å². The predicted molar refractivity (Wildman–Crippen MR) is 83.7 cm³/mol. The second-order valence-corrected chi connectivity index (χ2v) is 5.71. The van der Waals surface area contributed by atoms with E-state index in [1.54, 1.807) is 0 Å². The maximum Gasteiger partial charge on any atom is 0.105 e. The molecule has 1 heterocycles. The molecule has 108 valence electrons. The van der Waals surface area contributed by atoms with E-state index in [2.05, 4.69) is 66.0 Å². The summed E-state index contributed by atoms with van der Waals surface area (Å²) in [5.41, 5.74) is 2.65. The number of aryl methyl sites for hydroxylation is 2. The van der Waals surface area contributed by atoms with Gasteiger partial charge in [0.2, 0.25) is 0 Å². The molecule has 0 bridgehead atoms. The summed E-state index contributed by atoms with van der Waals surface area (Å²) < 4.78 is 2.32. The molecule has 1 aromatic heterocycles. The van der Waals surface area contributed by atoms with Gasteiger partial charge in [-0.15, -0.1) is 0 Å². The predicted octanol–water partition coefficient (Wildman–Crippen LogP) is 3.18. The maximum atomic E-state index is 4.45. The molecule has 1 aromatic carbocycles. The molecule has 1 N–H and O–H groups in total. The fourth-order valence-corrected chi connectivity index (χ4v) is 2.34. The molecule has 0 radical (unpaired) electrons. The molecule has 0 amide bonds. The molecule has 2 rings (SSSR count). The first kappa shape index (κ1) is 14.8. The van der Waals surface area contributed by atoms with Crippen molar-refractivity contribution in [1.29, 1.82) is 0 Å². The molecule has 0 fully saturated rings. The SMILES string of the molecule is Cc1ncc(CNCC(C)C)n1CCc1ccccc1. The summed E-state index contributed by atoms with van der Waals surface area (Å²) in [4.78, 5) is 4.45. The summed E-state index contributed by atoms with van der Waals surface area (Å²) in [5.74, 6) is 1.78. The first-order valence-electron chi connectivity index (χ1n) is 7.42. The minimum absolute atomic E-state index is 0.678. The van der Waals surface area contributed by atoms with Crippen LogP contribution in [0.2, 0.25) is 0 Å².